The van der Waals surface area contributed by atoms with Crippen molar-refractivity contribution >= 4 is 0 Å². The van der Waals surface area contributed by atoms with Crippen LogP contribution in [-0.4, -0.2) is 22.0 Å². The maximum Gasteiger partial charge on any atom is 0.121 e. The molecule has 2 rings (SSSR count). The van der Waals surface area contributed by atoms with Crippen molar-refractivity contribution in [2.24, 2.45) is 0 Å². The van der Waals surface area contributed by atoms with Crippen molar-refractivity contribution in [3.05, 3.63) is 47.3 Å². The molecule has 0 aliphatic heterocycles. The fourth-order valence-electron chi connectivity index (χ4n) is 2.13. The Labute approximate surface area is 113 Å². The number of aromatic nitrogens is 2. The van der Waals surface area contributed by atoms with E-state index in [0.29, 0.717) is 6.42 Å². The quantitative estimate of drug-likeness (QED) is 0.898. The Morgan fingerprint density at radius 2 is 2.21 bits per heavy atom. The Morgan fingerprint density at radius 1 is 1.42 bits per heavy atom. The summed E-state index contributed by atoms with van der Waals surface area (Å²) in [5.74, 6) is 0.842. The second-order valence-electron chi connectivity index (χ2n) is 4.65. The summed E-state index contributed by atoms with van der Waals surface area (Å²) in [6, 6.07) is 5.76. The molecule has 0 saturated heterocycles. The van der Waals surface area contributed by atoms with E-state index >= 15 is 0 Å². The number of hydrogen-bond acceptors (Lipinski definition) is 3. The van der Waals surface area contributed by atoms with Crippen molar-refractivity contribution in [1.29, 1.82) is 0 Å². The van der Waals surface area contributed by atoms with Crippen molar-refractivity contribution in [2.45, 2.75) is 32.9 Å². The zero-order chi connectivity index (χ0) is 13.8. The lowest BCUT2D eigenvalue weighted by atomic mass is 10.0. The molecular formula is C15H20N2O2. The normalized spacial score (nSPS) is 12.4. The fourth-order valence-corrected chi connectivity index (χ4v) is 2.13. The smallest absolute Gasteiger partial charge is 0.121 e. The van der Waals surface area contributed by atoms with E-state index in [1.54, 1.807) is 7.11 Å². The van der Waals surface area contributed by atoms with E-state index < -0.39 is 6.10 Å². The average Bonchev–Trinajstić information content (AvgIpc) is 2.86. The second kappa shape index (κ2) is 5.89. The highest BCUT2D eigenvalue weighted by atomic mass is 16.5. The van der Waals surface area contributed by atoms with E-state index in [4.69, 9.17) is 4.74 Å². The highest BCUT2D eigenvalue weighted by molar-refractivity contribution is 5.37. The van der Waals surface area contributed by atoms with E-state index in [1.807, 2.05) is 49.1 Å². The molecule has 1 aromatic heterocycles. The minimum Gasteiger partial charge on any atom is -0.496 e. The first kappa shape index (κ1) is 13.6. The van der Waals surface area contributed by atoms with Crippen LogP contribution in [0.2, 0.25) is 0 Å². The van der Waals surface area contributed by atoms with Gasteiger partial charge >= 0.3 is 0 Å². The zero-order valence-electron chi connectivity index (χ0n) is 11.6. The number of ether oxygens (including phenoxy) is 1. The molecule has 4 nitrogen and oxygen atoms in total. The molecule has 0 radical (unpaired) electrons. The van der Waals surface area contributed by atoms with Crippen molar-refractivity contribution in [3.63, 3.8) is 0 Å². The van der Waals surface area contributed by atoms with Gasteiger partial charge in [-0.25, -0.2) is 0 Å². The van der Waals surface area contributed by atoms with Crippen LogP contribution in [0.5, 0.6) is 5.75 Å². The first-order valence-corrected chi connectivity index (χ1v) is 6.48. The highest BCUT2D eigenvalue weighted by Crippen LogP contribution is 2.24. The van der Waals surface area contributed by atoms with Crippen molar-refractivity contribution in [2.75, 3.05) is 7.11 Å². The summed E-state index contributed by atoms with van der Waals surface area (Å²) in [7, 11) is 1.65. The molecule has 1 unspecified atom stereocenters. The van der Waals surface area contributed by atoms with Crippen LogP contribution in [0.4, 0.5) is 0 Å². The van der Waals surface area contributed by atoms with Gasteiger partial charge in [0.15, 0.2) is 0 Å². The Hall–Kier alpha value is -1.81. The van der Waals surface area contributed by atoms with E-state index in [2.05, 4.69) is 5.10 Å². The number of rotatable bonds is 5. The van der Waals surface area contributed by atoms with Gasteiger partial charge in [0.1, 0.15) is 5.75 Å². The number of benzene rings is 1. The summed E-state index contributed by atoms with van der Waals surface area (Å²) >= 11 is 0. The van der Waals surface area contributed by atoms with Gasteiger partial charge in [-0.15, -0.1) is 0 Å². The molecule has 0 fully saturated rings. The van der Waals surface area contributed by atoms with Gasteiger partial charge in [-0.2, -0.15) is 5.10 Å². The van der Waals surface area contributed by atoms with Gasteiger partial charge in [-0.05, 0) is 42.7 Å². The minimum absolute atomic E-state index is 0.515. The summed E-state index contributed by atoms with van der Waals surface area (Å²) in [5.41, 5.74) is 2.98. The molecule has 2 aromatic rings. The lowest BCUT2D eigenvalue weighted by Gasteiger charge is -2.12. The number of nitrogens with zero attached hydrogens (tertiary/aromatic N) is 2. The predicted octanol–water partition coefficient (Wildman–Crippen LogP) is 2.50. The van der Waals surface area contributed by atoms with Crippen LogP contribution in [0.15, 0.2) is 30.6 Å². The van der Waals surface area contributed by atoms with Crippen LogP contribution in [0.25, 0.3) is 0 Å². The number of hydrogen-bond donors (Lipinski definition) is 1. The van der Waals surface area contributed by atoms with Crippen LogP contribution < -0.4 is 4.74 Å². The molecule has 1 atom stereocenters. The van der Waals surface area contributed by atoms with Crippen molar-refractivity contribution < 1.29 is 9.84 Å². The third-order valence-electron chi connectivity index (χ3n) is 3.24. The maximum absolute atomic E-state index is 10.3. The molecule has 1 heterocycles. The molecule has 1 N–H and O–H groups in total. The minimum atomic E-state index is -0.515. The monoisotopic (exact) mass is 260 g/mol. The molecule has 0 aliphatic rings. The van der Waals surface area contributed by atoms with Crippen LogP contribution in [0, 0.1) is 6.92 Å². The fraction of sp³-hybridized carbons (Fsp3) is 0.400. The molecule has 4 heteroatoms. The largest absolute Gasteiger partial charge is 0.496 e. The topological polar surface area (TPSA) is 47.3 Å². The lowest BCUT2D eigenvalue weighted by Crippen LogP contribution is -2.02. The highest BCUT2D eigenvalue weighted by Gasteiger charge is 2.11. The zero-order valence-corrected chi connectivity index (χ0v) is 11.6. The molecule has 19 heavy (non-hydrogen) atoms. The summed E-state index contributed by atoms with van der Waals surface area (Å²) in [4.78, 5) is 0. The number of aliphatic hydroxyl groups excluding tert-OH is 1. The molecular weight excluding hydrogens is 240 g/mol. The molecule has 0 bridgehead atoms. The van der Waals surface area contributed by atoms with E-state index in [0.717, 1.165) is 29.0 Å². The van der Waals surface area contributed by atoms with Gasteiger partial charge in [0.05, 0.1) is 19.4 Å². The van der Waals surface area contributed by atoms with Crippen LogP contribution >= 0.6 is 0 Å². The SMILES string of the molecule is CCn1cc(CC(O)c2ccc(OC)c(C)c2)cn1. The third-order valence-corrected chi connectivity index (χ3v) is 3.24. The number of aryl methyl sites for hydroxylation is 2. The van der Waals surface area contributed by atoms with Gasteiger partial charge in [-0.1, -0.05) is 6.07 Å². The summed E-state index contributed by atoms with van der Waals surface area (Å²) < 4.78 is 7.08. The number of methoxy groups -OCH3 is 1. The van der Waals surface area contributed by atoms with E-state index in [9.17, 15) is 5.11 Å². The van der Waals surface area contributed by atoms with Gasteiger partial charge in [0, 0.05) is 19.2 Å². The lowest BCUT2D eigenvalue weighted by molar-refractivity contribution is 0.178. The maximum atomic E-state index is 10.3. The summed E-state index contributed by atoms with van der Waals surface area (Å²) in [6.07, 6.45) is 3.84. The van der Waals surface area contributed by atoms with E-state index in [-0.39, 0.29) is 0 Å². The Kier molecular flexibility index (Phi) is 4.22. The standard InChI is InChI=1S/C15H20N2O2/c1-4-17-10-12(9-16-17)8-14(18)13-5-6-15(19-3)11(2)7-13/h5-7,9-10,14,18H,4,8H2,1-3H3. The van der Waals surface area contributed by atoms with Gasteiger partial charge in [-0.3, -0.25) is 4.68 Å². The second-order valence-corrected chi connectivity index (χ2v) is 4.65. The average molecular weight is 260 g/mol. The first-order valence-electron chi connectivity index (χ1n) is 6.48. The Morgan fingerprint density at radius 3 is 2.79 bits per heavy atom. The Balaban J connectivity index is 2.10. The first-order chi connectivity index (χ1) is 9.13. The summed E-state index contributed by atoms with van der Waals surface area (Å²) in [5, 5.41) is 14.5. The van der Waals surface area contributed by atoms with Crippen molar-refractivity contribution in [1.82, 2.24) is 9.78 Å². The number of aliphatic hydroxyl groups is 1. The van der Waals surface area contributed by atoms with E-state index in [1.165, 1.54) is 0 Å². The van der Waals surface area contributed by atoms with Gasteiger partial charge < -0.3 is 9.84 Å². The molecule has 0 spiro atoms. The molecule has 0 saturated carbocycles. The van der Waals surface area contributed by atoms with Crippen LogP contribution in [0.3, 0.4) is 0 Å². The van der Waals surface area contributed by atoms with Gasteiger partial charge in [0.2, 0.25) is 0 Å². The molecule has 0 aliphatic carbocycles. The van der Waals surface area contributed by atoms with Crippen LogP contribution in [0.1, 0.15) is 29.7 Å². The molecule has 1 aromatic carbocycles. The molecule has 0 amide bonds. The molecule has 102 valence electrons. The van der Waals surface area contributed by atoms with Crippen LogP contribution in [-0.2, 0) is 13.0 Å². The van der Waals surface area contributed by atoms with Gasteiger partial charge in [0.25, 0.3) is 0 Å². The predicted molar refractivity (Wildman–Crippen MR) is 74.3 cm³/mol. The third kappa shape index (κ3) is 3.15. The van der Waals surface area contributed by atoms with Crippen molar-refractivity contribution in [3.8, 4) is 5.75 Å². The summed E-state index contributed by atoms with van der Waals surface area (Å²) in [6.45, 7) is 4.86. The Bertz CT molecular complexity index is 549.